The third-order valence-corrected chi connectivity index (χ3v) is 3.29. The Morgan fingerprint density at radius 3 is 2.75 bits per heavy atom. The Morgan fingerprint density at radius 1 is 1.35 bits per heavy atom. The van der Waals surface area contributed by atoms with Crippen LogP contribution in [0.2, 0.25) is 0 Å². The fraction of sp³-hybridized carbons (Fsp3) is 0.400. The topological polar surface area (TPSA) is 29.9 Å². The van der Waals surface area contributed by atoms with Gasteiger partial charge in [-0.1, -0.05) is 13.0 Å². The summed E-state index contributed by atoms with van der Waals surface area (Å²) >= 11 is 0. The first kappa shape index (κ1) is 14.7. The van der Waals surface area contributed by atoms with E-state index >= 15 is 0 Å². The molecule has 0 aliphatic carbocycles. The van der Waals surface area contributed by atoms with E-state index in [4.69, 9.17) is 0 Å². The molecule has 0 amide bonds. The second-order valence-electron chi connectivity index (χ2n) is 4.83. The number of imidazole rings is 1. The quantitative estimate of drug-likeness (QED) is 0.881. The van der Waals surface area contributed by atoms with Crippen LogP contribution >= 0.6 is 0 Å². The zero-order valence-electron chi connectivity index (χ0n) is 11.7. The molecule has 0 bridgehead atoms. The largest absolute Gasteiger partial charge is 0.338 e. The van der Waals surface area contributed by atoms with Crippen molar-refractivity contribution in [1.82, 2.24) is 14.9 Å². The van der Waals surface area contributed by atoms with Crippen molar-refractivity contribution in [1.29, 1.82) is 0 Å². The summed E-state index contributed by atoms with van der Waals surface area (Å²) in [6.07, 6.45) is 5.08. The van der Waals surface area contributed by atoms with Gasteiger partial charge in [-0.2, -0.15) is 0 Å². The van der Waals surface area contributed by atoms with Crippen LogP contribution in [-0.4, -0.2) is 16.1 Å². The number of hydrogen-bond donors (Lipinski definition) is 1. The molecule has 2 aromatic rings. The van der Waals surface area contributed by atoms with Gasteiger partial charge in [-0.3, -0.25) is 0 Å². The molecule has 0 saturated heterocycles. The van der Waals surface area contributed by atoms with Crippen molar-refractivity contribution < 1.29 is 8.78 Å². The highest BCUT2D eigenvalue weighted by Crippen LogP contribution is 2.21. The average Bonchev–Trinajstić information content (AvgIpc) is 2.80. The summed E-state index contributed by atoms with van der Waals surface area (Å²) in [6, 6.07) is 3.50. The number of rotatable bonds is 6. The number of aromatic nitrogens is 2. The Kier molecular flexibility index (Phi) is 4.84. The predicted octanol–water partition coefficient (Wildman–Crippen LogP) is 2.98. The maximum absolute atomic E-state index is 13.9. The van der Waals surface area contributed by atoms with Crippen molar-refractivity contribution in [2.24, 2.45) is 7.05 Å². The zero-order valence-corrected chi connectivity index (χ0v) is 11.7. The molecule has 0 saturated carbocycles. The minimum absolute atomic E-state index is 0.211. The Bertz CT molecular complexity index is 566. The first-order valence-electron chi connectivity index (χ1n) is 6.76. The number of benzene rings is 1. The number of hydrogen-bond acceptors (Lipinski definition) is 2. The van der Waals surface area contributed by atoms with Gasteiger partial charge in [0.25, 0.3) is 0 Å². The van der Waals surface area contributed by atoms with Gasteiger partial charge in [-0.15, -0.1) is 0 Å². The summed E-state index contributed by atoms with van der Waals surface area (Å²) in [4.78, 5) is 4.26. The number of nitrogens with zero attached hydrogens (tertiary/aromatic N) is 2. The lowest BCUT2D eigenvalue weighted by Gasteiger charge is -2.19. The Labute approximate surface area is 117 Å². The summed E-state index contributed by atoms with van der Waals surface area (Å²) in [5.41, 5.74) is 0.475. The molecule has 1 aromatic heterocycles. The highest BCUT2D eigenvalue weighted by molar-refractivity contribution is 5.23. The molecule has 1 heterocycles. The van der Waals surface area contributed by atoms with Crippen molar-refractivity contribution >= 4 is 0 Å². The Morgan fingerprint density at radius 2 is 2.15 bits per heavy atom. The first-order valence-corrected chi connectivity index (χ1v) is 6.76. The van der Waals surface area contributed by atoms with Gasteiger partial charge in [0.1, 0.15) is 17.5 Å². The second-order valence-corrected chi connectivity index (χ2v) is 4.83. The molecule has 0 fully saturated rings. The van der Waals surface area contributed by atoms with Crippen molar-refractivity contribution in [3.63, 3.8) is 0 Å². The Hall–Kier alpha value is -1.75. The molecule has 1 N–H and O–H groups in total. The molecule has 1 unspecified atom stereocenters. The van der Waals surface area contributed by atoms with E-state index in [-0.39, 0.29) is 6.04 Å². The van der Waals surface area contributed by atoms with Crippen molar-refractivity contribution in [3.8, 4) is 0 Å². The number of nitrogens with one attached hydrogen (secondary N) is 1. The van der Waals surface area contributed by atoms with Gasteiger partial charge in [-0.25, -0.2) is 13.8 Å². The molecule has 0 aliphatic rings. The number of aryl methyl sites for hydroxylation is 1. The van der Waals surface area contributed by atoms with E-state index in [1.807, 2.05) is 24.7 Å². The molecule has 0 aliphatic heterocycles. The lowest BCUT2D eigenvalue weighted by atomic mass is 10.0. The first-order chi connectivity index (χ1) is 9.61. The fourth-order valence-electron chi connectivity index (χ4n) is 2.17. The summed E-state index contributed by atoms with van der Waals surface area (Å²) in [6.45, 7) is 2.82. The standard InChI is InChI=1S/C15H19F2N3/c1-3-6-18-14(10-15-19-7-8-20(15)2)12-5-4-11(16)9-13(12)17/h4-5,7-9,14,18H,3,6,10H2,1-2H3. The van der Waals surface area contributed by atoms with Gasteiger partial charge >= 0.3 is 0 Å². The van der Waals surface area contributed by atoms with Crippen LogP contribution in [0.15, 0.2) is 30.6 Å². The van der Waals surface area contributed by atoms with Gasteiger partial charge < -0.3 is 9.88 Å². The zero-order chi connectivity index (χ0) is 14.5. The van der Waals surface area contributed by atoms with Crippen LogP contribution in [-0.2, 0) is 13.5 Å². The molecule has 1 aromatic carbocycles. The summed E-state index contributed by atoms with van der Waals surface area (Å²) in [5.74, 6) is -0.215. The normalized spacial score (nSPS) is 12.6. The van der Waals surface area contributed by atoms with E-state index < -0.39 is 11.6 Å². The van der Waals surface area contributed by atoms with Crippen LogP contribution < -0.4 is 5.32 Å². The fourth-order valence-corrected chi connectivity index (χ4v) is 2.17. The van der Waals surface area contributed by atoms with Gasteiger partial charge in [0, 0.05) is 43.5 Å². The van der Waals surface area contributed by atoms with Crippen LogP contribution in [0.1, 0.15) is 30.8 Å². The van der Waals surface area contributed by atoms with Gasteiger partial charge in [0.2, 0.25) is 0 Å². The van der Waals surface area contributed by atoms with Crippen molar-refractivity contribution in [3.05, 3.63) is 53.6 Å². The molecule has 3 nitrogen and oxygen atoms in total. The van der Waals surface area contributed by atoms with E-state index in [9.17, 15) is 8.78 Å². The van der Waals surface area contributed by atoms with Crippen molar-refractivity contribution in [2.75, 3.05) is 6.54 Å². The Balaban J connectivity index is 2.24. The molecule has 5 heteroatoms. The van der Waals surface area contributed by atoms with Crippen LogP contribution in [0, 0.1) is 11.6 Å². The SMILES string of the molecule is CCCNC(Cc1nccn1C)c1ccc(F)cc1F. The lowest BCUT2D eigenvalue weighted by molar-refractivity contribution is 0.479. The molecule has 1 atom stereocenters. The summed E-state index contributed by atoms with van der Waals surface area (Å²) < 4.78 is 28.9. The molecule has 2 rings (SSSR count). The molecule has 0 spiro atoms. The molecule has 0 radical (unpaired) electrons. The van der Waals surface area contributed by atoms with Gasteiger partial charge in [0.15, 0.2) is 0 Å². The monoisotopic (exact) mass is 279 g/mol. The lowest BCUT2D eigenvalue weighted by Crippen LogP contribution is -2.26. The van der Waals surface area contributed by atoms with Crippen LogP contribution in [0.5, 0.6) is 0 Å². The van der Waals surface area contributed by atoms with E-state index in [0.717, 1.165) is 24.9 Å². The molecular formula is C15H19F2N3. The summed E-state index contributed by atoms with van der Waals surface area (Å²) in [5, 5.41) is 3.30. The highest BCUT2D eigenvalue weighted by Gasteiger charge is 2.18. The third kappa shape index (κ3) is 3.42. The molecule has 20 heavy (non-hydrogen) atoms. The van der Waals surface area contributed by atoms with E-state index in [2.05, 4.69) is 10.3 Å². The summed E-state index contributed by atoms with van der Waals surface area (Å²) in [7, 11) is 1.90. The second kappa shape index (κ2) is 6.61. The average molecular weight is 279 g/mol. The van der Waals surface area contributed by atoms with Crippen molar-refractivity contribution in [2.45, 2.75) is 25.8 Å². The maximum Gasteiger partial charge on any atom is 0.130 e. The highest BCUT2D eigenvalue weighted by atomic mass is 19.1. The third-order valence-electron chi connectivity index (χ3n) is 3.29. The number of halogens is 2. The van der Waals surface area contributed by atoms with E-state index in [1.165, 1.54) is 12.1 Å². The molecule has 108 valence electrons. The van der Waals surface area contributed by atoms with Crippen LogP contribution in [0.25, 0.3) is 0 Å². The smallest absolute Gasteiger partial charge is 0.130 e. The molecular weight excluding hydrogens is 260 g/mol. The minimum atomic E-state index is -0.558. The van der Waals surface area contributed by atoms with E-state index in [1.54, 1.807) is 6.20 Å². The van der Waals surface area contributed by atoms with Gasteiger partial charge in [0.05, 0.1) is 0 Å². The van der Waals surface area contributed by atoms with Gasteiger partial charge in [-0.05, 0) is 19.0 Å². The van der Waals surface area contributed by atoms with Crippen LogP contribution in [0.4, 0.5) is 8.78 Å². The van der Waals surface area contributed by atoms with E-state index in [0.29, 0.717) is 12.0 Å². The maximum atomic E-state index is 13.9. The minimum Gasteiger partial charge on any atom is -0.338 e. The predicted molar refractivity (Wildman–Crippen MR) is 74.3 cm³/mol. The van der Waals surface area contributed by atoms with Crippen LogP contribution in [0.3, 0.4) is 0 Å².